The highest BCUT2D eigenvalue weighted by Crippen LogP contribution is 2.39. The van der Waals surface area contributed by atoms with Crippen LogP contribution in [0, 0.1) is 11.2 Å². The van der Waals surface area contributed by atoms with E-state index >= 15 is 0 Å². The Morgan fingerprint density at radius 3 is 2.39 bits per heavy atom. The molecule has 0 saturated heterocycles. The van der Waals surface area contributed by atoms with Crippen LogP contribution in [0.5, 0.6) is 17.2 Å². The number of anilines is 1. The molecular weight excluding hydrogens is 525 g/mol. The Bertz CT molecular complexity index is 1460. The minimum atomic E-state index is -0.758. The van der Waals surface area contributed by atoms with E-state index in [2.05, 4.69) is 11.4 Å². The smallest absolute Gasteiger partial charge is 0.316 e. The average Bonchev–Trinajstić information content (AvgIpc) is 2.93. The zero-order valence-corrected chi connectivity index (χ0v) is 24.1. The van der Waals surface area contributed by atoms with E-state index in [0.717, 1.165) is 36.6 Å². The van der Waals surface area contributed by atoms with Crippen molar-refractivity contribution >= 4 is 23.4 Å². The van der Waals surface area contributed by atoms with Crippen molar-refractivity contribution in [3.05, 3.63) is 82.7 Å². The van der Waals surface area contributed by atoms with Gasteiger partial charge in [0.2, 0.25) is 0 Å². The number of ether oxygens (including phenoxy) is 3. The van der Waals surface area contributed by atoms with E-state index in [9.17, 15) is 18.8 Å². The molecule has 0 fully saturated rings. The molecule has 3 aromatic carbocycles. The van der Waals surface area contributed by atoms with Crippen molar-refractivity contribution in [2.45, 2.75) is 59.3 Å². The molecule has 7 nitrogen and oxygen atoms in total. The molecule has 0 aromatic heterocycles. The van der Waals surface area contributed by atoms with Gasteiger partial charge >= 0.3 is 11.9 Å². The predicted molar refractivity (Wildman–Crippen MR) is 154 cm³/mol. The second-order valence-corrected chi connectivity index (χ2v) is 11.3. The fourth-order valence-corrected chi connectivity index (χ4v) is 4.86. The summed E-state index contributed by atoms with van der Waals surface area (Å²) in [6.07, 6.45) is 2.74. The summed E-state index contributed by atoms with van der Waals surface area (Å²) in [7, 11) is 1.61. The molecule has 0 radical (unpaired) electrons. The molecule has 1 aliphatic rings. The number of rotatable bonds is 9. The zero-order valence-electron chi connectivity index (χ0n) is 24.1. The third-order valence-electron chi connectivity index (χ3n) is 7.10. The monoisotopic (exact) mass is 561 g/mol. The summed E-state index contributed by atoms with van der Waals surface area (Å²) in [5.41, 5.74) is 4.05. The highest BCUT2D eigenvalue weighted by Gasteiger charge is 2.26. The number of nitrogens with one attached hydrogen (secondary N) is 1. The number of benzene rings is 3. The van der Waals surface area contributed by atoms with Crippen LogP contribution in [0.2, 0.25) is 0 Å². The molecule has 1 aliphatic carbocycles. The number of hydrogen-bond donors (Lipinski definition) is 1. The first-order chi connectivity index (χ1) is 19.4. The molecule has 4 rings (SSSR count). The van der Waals surface area contributed by atoms with Gasteiger partial charge in [0.25, 0.3) is 0 Å². The summed E-state index contributed by atoms with van der Waals surface area (Å²) in [6, 6.07) is 15.6. The average molecular weight is 562 g/mol. The van der Waals surface area contributed by atoms with Gasteiger partial charge in [-0.1, -0.05) is 12.1 Å². The number of aryl methyl sites for hydroxylation is 1. The number of esters is 2. The fraction of sp³-hybridized carbons (Fsp3) is 0.364. The lowest BCUT2D eigenvalue weighted by atomic mass is 9.79. The molecular formula is C33H36FNO6. The Morgan fingerprint density at radius 1 is 0.951 bits per heavy atom. The van der Waals surface area contributed by atoms with Gasteiger partial charge in [0.15, 0.2) is 17.3 Å². The van der Waals surface area contributed by atoms with E-state index in [1.54, 1.807) is 7.11 Å². The molecule has 8 heteroatoms. The van der Waals surface area contributed by atoms with Crippen LogP contribution in [0.4, 0.5) is 10.1 Å². The zero-order chi connectivity index (χ0) is 29.7. The summed E-state index contributed by atoms with van der Waals surface area (Å²) in [4.78, 5) is 36.2. The van der Waals surface area contributed by atoms with Gasteiger partial charge in [-0.15, -0.1) is 0 Å². The van der Waals surface area contributed by atoms with Crippen LogP contribution in [0.3, 0.4) is 0 Å². The van der Waals surface area contributed by atoms with Gasteiger partial charge < -0.3 is 19.5 Å². The molecule has 1 atom stereocenters. The quantitative estimate of drug-likeness (QED) is 0.177. The van der Waals surface area contributed by atoms with E-state index < -0.39 is 17.2 Å². The molecule has 0 amide bonds. The summed E-state index contributed by atoms with van der Waals surface area (Å²) >= 11 is 0. The summed E-state index contributed by atoms with van der Waals surface area (Å²) in [6.45, 7) is 7.03. The Morgan fingerprint density at radius 2 is 1.71 bits per heavy atom. The minimum Gasteiger partial charge on any atom is -0.497 e. The van der Waals surface area contributed by atoms with Crippen LogP contribution in [0.15, 0.2) is 54.6 Å². The first kappa shape index (κ1) is 29.8. The standard InChI is InChI=1S/C33H36FNO6/c1-20(36)40-31-13-9-24(18-28(31)34)30(37)14-15-35-29-19-25(39-5)11-12-27(29)23-7-6-22-17-26(10-8-21(22)16-23)41-32(38)33(2,3)4/h8-13,17-19,23,35H,6-7,14-16H2,1-5H3. The van der Waals surface area contributed by atoms with Crippen molar-refractivity contribution in [3.63, 3.8) is 0 Å². The lowest BCUT2D eigenvalue weighted by Crippen LogP contribution is -2.25. The molecule has 0 aliphatic heterocycles. The van der Waals surface area contributed by atoms with Gasteiger partial charge in [-0.25, -0.2) is 4.39 Å². The van der Waals surface area contributed by atoms with Crippen LogP contribution in [-0.4, -0.2) is 31.4 Å². The minimum absolute atomic E-state index is 0.145. The maximum Gasteiger partial charge on any atom is 0.316 e. The van der Waals surface area contributed by atoms with Crippen molar-refractivity contribution in [1.82, 2.24) is 0 Å². The Hall–Kier alpha value is -4.20. The van der Waals surface area contributed by atoms with E-state index in [1.165, 1.54) is 30.2 Å². The Kier molecular flexibility index (Phi) is 9.11. The second-order valence-electron chi connectivity index (χ2n) is 11.3. The number of carbonyl (C=O) groups excluding carboxylic acids is 3. The van der Waals surface area contributed by atoms with Crippen LogP contribution in [0.25, 0.3) is 0 Å². The molecule has 41 heavy (non-hydrogen) atoms. The van der Waals surface area contributed by atoms with Crippen molar-refractivity contribution < 1.29 is 33.0 Å². The third kappa shape index (κ3) is 7.51. The largest absolute Gasteiger partial charge is 0.497 e. The van der Waals surface area contributed by atoms with Gasteiger partial charge in [-0.3, -0.25) is 14.4 Å². The van der Waals surface area contributed by atoms with Crippen LogP contribution >= 0.6 is 0 Å². The maximum absolute atomic E-state index is 14.2. The van der Waals surface area contributed by atoms with Crippen LogP contribution in [0.1, 0.15) is 73.5 Å². The number of Topliss-reactive ketones (excluding diaryl/α,β-unsaturated/α-hetero) is 1. The first-order valence-electron chi connectivity index (χ1n) is 13.7. The molecule has 0 spiro atoms. The van der Waals surface area contributed by atoms with Crippen LogP contribution in [-0.2, 0) is 22.4 Å². The molecule has 1 unspecified atom stereocenters. The topological polar surface area (TPSA) is 90.9 Å². The highest BCUT2D eigenvalue weighted by atomic mass is 19.1. The van der Waals surface area contributed by atoms with Gasteiger partial charge in [-0.05, 0) is 99.0 Å². The number of methoxy groups -OCH3 is 1. The Labute approximate surface area is 240 Å². The number of fused-ring (bicyclic) bond motifs is 1. The van der Waals surface area contributed by atoms with E-state index in [4.69, 9.17) is 14.2 Å². The summed E-state index contributed by atoms with van der Waals surface area (Å²) in [5, 5.41) is 3.39. The van der Waals surface area contributed by atoms with Gasteiger partial charge in [-0.2, -0.15) is 0 Å². The van der Waals surface area contributed by atoms with Gasteiger partial charge in [0.1, 0.15) is 11.5 Å². The molecule has 0 heterocycles. The molecule has 0 saturated carbocycles. The lowest BCUT2D eigenvalue weighted by Gasteiger charge is -2.28. The van der Waals surface area contributed by atoms with E-state index in [0.29, 0.717) is 18.0 Å². The first-order valence-corrected chi connectivity index (χ1v) is 13.7. The van der Waals surface area contributed by atoms with Crippen LogP contribution < -0.4 is 19.5 Å². The fourth-order valence-electron chi connectivity index (χ4n) is 4.86. The van der Waals surface area contributed by atoms with Gasteiger partial charge in [0.05, 0.1) is 12.5 Å². The SMILES string of the molecule is COc1ccc(C2CCc3cc(OC(=O)C(C)(C)C)ccc3C2)c(NCCC(=O)c2ccc(OC(C)=O)c(F)c2)c1. The highest BCUT2D eigenvalue weighted by molar-refractivity contribution is 5.96. The van der Waals surface area contributed by atoms with Crippen molar-refractivity contribution in [3.8, 4) is 17.2 Å². The van der Waals surface area contributed by atoms with Crippen molar-refractivity contribution in [1.29, 1.82) is 0 Å². The van der Waals surface area contributed by atoms with Crippen molar-refractivity contribution in [2.75, 3.05) is 19.0 Å². The Balaban J connectivity index is 1.43. The van der Waals surface area contributed by atoms with Crippen molar-refractivity contribution in [2.24, 2.45) is 5.41 Å². The number of hydrogen-bond acceptors (Lipinski definition) is 7. The van der Waals surface area contributed by atoms with Gasteiger partial charge in [0, 0.05) is 37.2 Å². The second kappa shape index (κ2) is 12.5. The normalized spacial score (nSPS) is 14.5. The maximum atomic E-state index is 14.2. The number of carbonyl (C=O) groups is 3. The summed E-state index contributed by atoms with van der Waals surface area (Å²) < 4.78 is 30.1. The molecule has 0 bridgehead atoms. The van der Waals surface area contributed by atoms with E-state index in [-0.39, 0.29) is 35.4 Å². The summed E-state index contributed by atoms with van der Waals surface area (Å²) in [5.74, 6) is -0.568. The predicted octanol–water partition coefficient (Wildman–Crippen LogP) is 6.67. The van der Waals surface area contributed by atoms with E-state index in [1.807, 2.05) is 51.1 Å². The molecule has 1 N–H and O–H groups in total. The number of halogens is 1. The molecule has 216 valence electrons. The number of ketones is 1. The molecule has 3 aromatic rings. The third-order valence-corrected chi connectivity index (χ3v) is 7.10. The lowest BCUT2D eigenvalue weighted by molar-refractivity contribution is -0.143.